The maximum atomic E-state index is 5.31. The Morgan fingerprint density at radius 1 is 1.25 bits per heavy atom. The van der Waals surface area contributed by atoms with Crippen LogP contribution in [0.3, 0.4) is 0 Å². The van der Waals surface area contributed by atoms with Gasteiger partial charge in [-0.15, -0.1) is 0 Å². The molecule has 1 heterocycles. The Kier molecular flexibility index (Phi) is 5.31. The van der Waals surface area contributed by atoms with Crippen LogP contribution in [0.4, 0.5) is 11.9 Å². The second-order valence-corrected chi connectivity index (χ2v) is 4.96. The van der Waals surface area contributed by atoms with E-state index in [1.54, 1.807) is 0 Å². The van der Waals surface area contributed by atoms with Crippen molar-refractivity contribution in [3.8, 4) is 6.01 Å². The number of hydrazine groups is 1. The topological polar surface area (TPSA) is 101 Å². The van der Waals surface area contributed by atoms with E-state index in [2.05, 4.69) is 37.6 Å². The molecular weight excluding hydrogens is 258 g/mol. The van der Waals surface area contributed by atoms with E-state index in [-0.39, 0.29) is 12.0 Å². The number of hydrogen-bond donors (Lipinski definition) is 3. The highest BCUT2D eigenvalue weighted by atomic mass is 16.5. The lowest BCUT2D eigenvalue weighted by molar-refractivity contribution is 0.254. The molecule has 8 nitrogen and oxygen atoms in total. The van der Waals surface area contributed by atoms with Crippen LogP contribution in [0.1, 0.15) is 25.7 Å². The fraction of sp³-hybridized carbons (Fsp3) is 0.750. The fourth-order valence-electron chi connectivity index (χ4n) is 2.46. The zero-order valence-corrected chi connectivity index (χ0v) is 12.1. The van der Waals surface area contributed by atoms with Crippen LogP contribution in [0.15, 0.2) is 0 Å². The summed E-state index contributed by atoms with van der Waals surface area (Å²) in [4.78, 5) is 14.6. The predicted octanol–water partition coefficient (Wildman–Crippen LogP) is 0.452. The molecule has 1 aliphatic carbocycles. The van der Waals surface area contributed by atoms with Gasteiger partial charge in [0.2, 0.25) is 11.9 Å². The third-order valence-corrected chi connectivity index (χ3v) is 3.62. The van der Waals surface area contributed by atoms with Crippen LogP contribution in [0, 0.1) is 0 Å². The van der Waals surface area contributed by atoms with E-state index in [4.69, 9.17) is 10.6 Å². The molecule has 0 aliphatic heterocycles. The van der Waals surface area contributed by atoms with E-state index >= 15 is 0 Å². The zero-order valence-electron chi connectivity index (χ0n) is 12.1. The molecule has 0 aromatic carbocycles. The van der Waals surface area contributed by atoms with Crippen molar-refractivity contribution in [2.24, 2.45) is 5.84 Å². The normalized spacial score (nSPS) is 15.6. The van der Waals surface area contributed by atoms with Crippen LogP contribution in [-0.4, -0.2) is 53.1 Å². The maximum absolute atomic E-state index is 5.31. The largest absolute Gasteiger partial charge is 0.467 e. The minimum Gasteiger partial charge on any atom is -0.467 e. The monoisotopic (exact) mass is 281 g/mol. The van der Waals surface area contributed by atoms with Crippen LogP contribution in [0.2, 0.25) is 0 Å². The molecule has 0 saturated heterocycles. The molecule has 0 radical (unpaired) electrons. The fourth-order valence-corrected chi connectivity index (χ4v) is 2.46. The highest BCUT2D eigenvalue weighted by Gasteiger charge is 2.18. The van der Waals surface area contributed by atoms with Crippen molar-refractivity contribution < 1.29 is 4.74 Å². The molecule has 20 heavy (non-hydrogen) atoms. The number of nitrogens with zero attached hydrogens (tertiary/aromatic N) is 4. The van der Waals surface area contributed by atoms with Gasteiger partial charge >= 0.3 is 6.01 Å². The second kappa shape index (κ2) is 7.20. The summed E-state index contributed by atoms with van der Waals surface area (Å²) in [6, 6.07) is 0.950. The molecule has 4 N–H and O–H groups in total. The van der Waals surface area contributed by atoms with Crippen molar-refractivity contribution in [2.45, 2.75) is 31.7 Å². The lowest BCUT2D eigenvalue weighted by Crippen LogP contribution is -2.33. The third kappa shape index (κ3) is 3.91. The van der Waals surface area contributed by atoms with Gasteiger partial charge in [-0.2, -0.15) is 15.0 Å². The van der Waals surface area contributed by atoms with E-state index in [0.717, 1.165) is 13.1 Å². The quantitative estimate of drug-likeness (QED) is 0.489. The summed E-state index contributed by atoms with van der Waals surface area (Å²) in [6.07, 6.45) is 5.30. The number of nitrogen functional groups attached to an aromatic ring is 1. The van der Waals surface area contributed by atoms with Crippen molar-refractivity contribution in [1.29, 1.82) is 0 Å². The highest BCUT2D eigenvalue weighted by Crippen LogP contribution is 2.21. The maximum Gasteiger partial charge on any atom is 0.322 e. The summed E-state index contributed by atoms with van der Waals surface area (Å²) < 4.78 is 5.00. The number of likely N-dealkylation sites (N-methyl/N-ethyl adjacent to an activating group) is 1. The zero-order chi connectivity index (χ0) is 14.4. The number of hydrogen-bond acceptors (Lipinski definition) is 8. The molecule has 0 amide bonds. The number of anilines is 2. The Morgan fingerprint density at radius 3 is 2.60 bits per heavy atom. The molecule has 1 aromatic rings. The Morgan fingerprint density at radius 2 is 1.95 bits per heavy atom. The lowest BCUT2D eigenvalue weighted by atomic mass is 10.2. The van der Waals surface area contributed by atoms with Gasteiger partial charge in [-0.25, -0.2) is 5.84 Å². The molecule has 0 spiro atoms. The van der Waals surface area contributed by atoms with E-state index in [1.165, 1.54) is 32.8 Å². The number of ether oxygens (including phenoxy) is 1. The van der Waals surface area contributed by atoms with E-state index in [1.807, 2.05) is 0 Å². The van der Waals surface area contributed by atoms with Gasteiger partial charge in [-0.05, 0) is 19.9 Å². The number of methoxy groups -OCH3 is 1. The van der Waals surface area contributed by atoms with Crippen LogP contribution < -0.4 is 21.3 Å². The molecule has 0 atom stereocenters. The van der Waals surface area contributed by atoms with Gasteiger partial charge in [0.15, 0.2) is 0 Å². The number of rotatable bonds is 7. The van der Waals surface area contributed by atoms with Crippen molar-refractivity contribution in [3.05, 3.63) is 0 Å². The van der Waals surface area contributed by atoms with Crippen molar-refractivity contribution in [2.75, 3.05) is 38.0 Å². The molecule has 0 bridgehead atoms. The first-order chi connectivity index (χ1) is 9.72. The van der Waals surface area contributed by atoms with Crippen LogP contribution in [-0.2, 0) is 0 Å². The minimum absolute atomic E-state index is 0.236. The van der Waals surface area contributed by atoms with Gasteiger partial charge < -0.3 is 15.0 Å². The predicted molar refractivity (Wildman–Crippen MR) is 77.6 cm³/mol. The standard InChI is InChI=1S/C12H23N7O/c1-19(9-5-3-4-6-9)8-7-14-10-15-11(18-13)17-12(16-10)20-2/h9H,3-8,13H2,1-2H3,(H2,14,15,16,17,18). The smallest absolute Gasteiger partial charge is 0.322 e. The summed E-state index contributed by atoms with van der Waals surface area (Å²) in [5, 5.41) is 3.17. The van der Waals surface area contributed by atoms with Crippen LogP contribution in [0.5, 0.6) is 6.01 Å². The van der Waals surface area contributed by atoms with E-state index in [9.17, 15) is 0 Å². The third-order valence-electron chi connectivity index (χ3n) is 3.62. The van der Waals surface area contributed by atoms with Gasteiger partial charge in [-0.1, -0.05) is 12.8 Å². The summed E-state index contributed by atoms with van der Waals surface area (Å²) in [6.45, 7) is 1.72. The van der Waals surface area contributed by atoms with Gasteiger partial charge in [0.05, 0.1) is 7.11 Å². The van der Waals surface area contributed by atoms with E-state index in [0.29, 0.717) is 12.0 Å². The lowest BCUT2D eigenvalue weighted by Gasteiger charge is -2.23. The molecule has 0 unspecified atom stereocenters. The Hall–Kier alpha value is -1.67. The van der Waals surface area contributed by atoms with Crippen LogP contribution >= 0.6 is 0 Å². The Balaban J connectivity index is 1.83. The molecule has 1 fully saturated rings. The average Bonchev–Trinajstić information content (AvgIpc) is 3.01. The first-order valence-corrected chi connectivity index (χ1v) is 6.93. The number of aromatic nitrogens is 3. The molecule has 1 aliphatic rings. The van der Waals surface area contributed by atoms with Crippen molar-refractivity contribution in [1.82, 2.24) is 19.9 Å². The SMILES string of the molecule is COc1nc(NN)nc(NCCN(C)C2CCCC2)n1. The molecular formula is C12H23N7O. The minimum atomic E-state index is 0.236. The number of nitrogens with one attached hydrogen (secondary N) is 2. The van der Waals surface area contributed by atoms with Crippen LogP contribution in [0.25, 0.3) is 0 Å². The summed E-state index contributed by atoms with van der Waals surface area (Å²) in [7, 11) is 3.67. The van der Waals surface area contributed by atoms with Gasteiger partial charge in [0.1, 0.15) is 0 Å². The van der Waals surface area contributed by atoms with Gasteiger partial charge in [0.25, 0.3) is 0 Å². The van der Waals surface area contributed by atoms with Gasteiger partial charge in [0, 0.05) is 19.1 Å². The average molecular weight is 281 g/mol. The molecule has 8 heteroatoms. The Labute approximate surface area is 119 Å². The first kappa shape index (κ1) is 14.7. The van der Waals surface area contributed by atoms with E-state index < -0.39 is 0 Å². The van der Waals surface area contributed by atoms with Crippen molar-refractivity contribution >= 4 is 11.9 Å². The Bertz CT molecular complexity index is 400. The summed E-state index contributed by atoms with van der Waals surface area (Å²) >= 11 is 0. The van der Waals surface area contributed by atoms with Gasteiger partial charge in [-0.3, -0.25) is 5.43 Å². The van der Waals surface area contributed by atoms with Crippen molar-refractivity contribution in [3.63, 3.8) is 0 Å². The summed E-state index contributed by atoms with van der Waals surface area (Å²) in [5.74, 6) is 6.05. The molecule has 112 valence electrons. The molecule has 1 aromatic heterocycles. The molecule has 2 rings (SSSR count). The second-order valence-electron chi connectivity index (χ2n) is 4.96. The summed E-state index contributed by atoms with van der Waals surface area (Å²) in [5.41, 5.74) is 2.39. The molecule has 1 saturated carbocycles. The highest BCUT2D eigenvalue weighted by molar-refractivity contribution is 5.34. The number of nitrogens with two attached hydrogens (primary N) is 1. The first-order valence-electron chi connectivity index (χ1n) is 6.93.